The Labute approximate surface area is 162 Å². The molecule has 27 heavy (non-hydrogen) atoms. The first kappa shape index (κ1) is 19.8. The molecule has 4 heteroatoms. The van der Waals surface area contributed by atoms with Crippen LogP contribution in [0.25, 0.3) is 0 Å². The molecule has 0 fully saturated rings. The van der Waals surface area contributed by atoms with E-state index < -0.39 is 6.10 Å². The highest BCUT2D eigenvalue weighted by Crippen LogP contribution is 2.49. The Morgan fingerprint density at radius 3 is 2.63 bits per heavy atom. The normalized spacial score (nSPS) is 20.6. The number of benzene rings is 1. The van der Waals surface area contributed by atoms with Gasteiger partial charge in [-0.15, -0.1) is 0 Å². The molecule has 0 amide bonds. The average molecular weight is 371 g/mol. The van der Waals surface area contributed by atoms with Gasteiger partial charge in [-0.1, -0.05) is 44.2 Å². The van der Waals surface area contributed by atoms with Gasteiger partial charge in [-0.2, -0.15) is 0 Å². The fourth-order valence-corrected chi connectivity index (χ4v) is 4.54. The van der Waals surface area contributed by atoms with Gasteiger partial charge in [-0.05, 0) is 55.7 Å². The summed E-state index contributed by atoms with van der Waals surface area (Å²) in [5, 5.41) is 14.1. The Morgan fingerprint density at radius 1 is 1.22 bits per heavy atom. The zero-order valence-electron chi connectivity index (χ0n) is 16.6. The Morgan fingerprint density at radius 2 is 1.96 bits per heavy atom. The number of allylic oxidation sites excluding steroid dienone is 4. The Balaban J connectivity index is 2.11. The van der Waals surface area contributed by atoms with Crippen LogP contribution in [-0.4, -0.2) is 36.2 Å². The zero-order chi connectivity index (χ0) is 19.4. The highest BCUT2D eigenvalue weighted by molar-refractivity contribution is 5.45. The lowest BCUT2D eigenvalue weighted by molar-refractivity contribution is 0.0621. The molecule has 2 N–H and O–H groups in total. The Kier molecular flexibility index (Phi) is 6.18. The summed E-state index contributed by atoms with van der Waals surface area (Å²) in [4.78, 5) is 2.30. The molecular weight excluding hydrogens is 339 g/mol. The lowest BCUT2D eigenvalue weighted by Gasteiger charge is -2.37. The molecule has 1 aliphatic heterocycles. The molecule has 1 aliphatic carbocycles. The second kappa shape index (κ2) is 8.41. The summed E-state index contributed by atoms with van der Waals surface area (Å²) in [5.74, 6) is -0.267. The van der Waals surface area contributed by atoms with Crippen LogP contribution in [0.1, 0.15) is 44.7 Å². The molecule has 0 spiro atoms. The quantitative estimate of drug-likeness (QED) is 0.749. The number of hydrogen-bond acceptors (Lipinski definition) is 3. The summed E-state index contributed by atoms with van der Waals surface area (Å²) in [5.41, 5.74) is 3.39. The zero-order valence-corrected chi connectivity index (χ0v) is 16.6. The smallest absolute Gasteiger partial charge is 0.123 e. The molecule has 1 aromatic rings. The topological polar surface area (TPSA) is 35.5 Å². The molecule has 1 aromatic carbocycles. The van der Waals surface area contributed by atoms with Crippen LogP contribution in [0.2, 0.25) is 0 Å². The van der Waals surface area contributed by atoms with Crippen molar-refractivity contribution < 1.29 is 9.50 Å². The maximum Gasteiger partial charge on any atom is 0.123 e. The summed E-state index contributed by atoms with van der Waals surface area (Å²) in [6.07, 6.45) is 11.2. The van der Waals surface area contributed by atoms with E-state index >= 15 is 0 Å². The van der Waals surface area contributed by atoms with Crippen molar-refractivity contribution >= 4 is 0 Å². The number of aliphatic hydroxyl groups excluding tert-OH is 1. The maximum atomic E-state index is 14.0. The maximum absolute atomic E-state index is 14.0. The summed E-state index contributed by atoms with van der Waals surface area (Å²) in [6, 6.07) is 6.36. The molecule has 1 heterocycles. The molecule has 0 saturated heterocycles. The monoisotopic (exact) mass is 370 g/mol. The van der Waals surface area contributed by atoms with Crippen molar-refractivity contribution in [2.24, 2.45) is 5.41 Å². The molecule has 3 rings (SSSR count). The fourth-order valence-electron chi connectivity index (χ4n) is 4.54. The molecular formula is C23H31FN2O. The van der Waals surface area contributed by atoms with E-state index in [1.54, 1.807) is 12.1 Å². The highest BCUT2D eigenvalue weighted by Gasteiger charge is 2.44. The third-order valence-corrected chi connectivity index (χ3v) is 6.12. The standard InChI is InChI=1S/C23H31FN2O/c1-4-23(5-2)16-26(20-13-8-6-7-12-19(20)23)22(21(27)15-25-3)17-10-9-11-18(24)14-17/h7-14,21-22,25,27H,4-6,15-16H2,1-3H3. The van der Waals surface area contributed by atoms with Gasteiger partial charge in [0.05, 0.1) is 12.1 Å². The van der Waals surface area contributed by atoms with Gasteiger partial charge >= 0.3 is 0 Å². The van der Waals surface area contributed by atoms with Crippen LogP contribution in [0, 0.1) is 11.2 Å². The van der Waals surface area contributed by atoms with Gasteiger partial charge in [-0.3, -0.25) is 0 Å². The van der Waals surface area contributed by atoms with Crippen molar-refractivity contribution in [3.05, 3.63) is 71.2 Å². The van der Waals surface area contributed by atoms with Crippen LogP contribution >= 0.6 is 0 Å². The Hall–Kier alpha value is -1.91. The lowest BCUT2D eigenvalue weighted by atomic mass is 9.76. The second-order valence-corrected chi connectivity index (χ2v) is 7.58. The molecule has 146 valence electrons. The molecule has 2 unspecified atom stereocenters. The van der Waals surface area contributed by atoms with Gasteiger partial charge in [0.25, 0.3) is 0 Å². The summed E-state index contributed by atoms with van der Waals surface area (Å²) >= 11 is 0. The predicted octanol–water partition coefficient (Wildman–Crippen LogP) is 4.34. The van der Waals surface area contributed by atoms with Crippen LogP contribution in [0.3, 0.4) is 0 Å². The number of nitrogens with zero attached hydrogens (tertiary/aromatic N) is 1. The molecule has 0 radical (unpaired) electrons. The van der Waals surface area contributed by atoms with Crippen LogP contribution in [-0.2, 0) is 0 Å². The van der Waals surface area contributed by atoms with E-state index in [1.165, 1.54) is 11.6 Å². The van der Waals surface area contributed by atoms with Gasteiger partial charge in [0.1, 0.15) is 5.82 Å². The molecule has 2 aliphatic rings. The number of aliphatic hydroxyl groups is 1. The molecule has 0 aromatic heterocycles. The summed E-state index contributed by atoms with van der Waals surface area (Å²) < 4.78 is 14.0. The highest BCUT2D eigenvalue weighted by atomic mass is 19.1. The van der Waals surface area contributed by atoms with Crippen molar-refractivity contribution in [3.63, 3.8) is 0 Å². The first-order valence-electron chi connectivity index (χ1n) is 9.99. The van der Waals surface area contributed by atoms with E-state index in [0.717, 1.165) is 37.1 Å². The molecule has 0 bridgehead atoms. The van der Waals surface area contributed by atoms with Crippen LogP contribution in [0.5, 0.6) is 0 Å². The first-order chi connectivity index (χ1) is 13.1. The fraction of sp³-hybridized carbons (Fsp3) is 0.478. The van der Waals surface area contributed by atoms with E-state index in [-0.39, 0.29) is 17.3 Å². The minimum atomic E-state index is -0.643. The van der Waals surface area contributed by atoms with Crippen molar-refractivity contribution in [1.82, 2.24) is 10.2 Å². The number of nitrogens with one attached hydrogen (secondary N) is 1. The summed E-state index contributed by atoms with van der Waals surface area (Å²) in [7, 11) is 1.83. The van der Waals surface area contributed by atoms with E-state index in [9.17, 15) is 9.50 Å². The number of halogens is 1. The largest absolute Gasteiger partial charge is 0.389 e. The third-order valence-electron chi connectivity index (χ3n) is 6.12. The van der Waals surface area contributed by atoms with Crippen molar-refractivity contribution in [1.29, 1.82) is 0 Å². The van der Waals surface area contributed by atoms with Gasteiger partial charge in [0.2, 0.25) is 0 Å². The number of likely N-dealkylation sites (N-methyl/N-ethyl adjacent to an activating group) is 1. The van der Waals surface area contributed by atoms with Gasteiger partial charge < -0.3 is 15.3 Å². The average Bonchev–Trinajstić information content (AvgIpc) is 2.81. The van der Waals surface area contributed by atoms with Crippen molar-refractivity contribution in [3.8, 4) is 0 Å². The minimum absolute atomic E-state index is 0.0610. The Bertz CT molecular complexity index is 749. The van der Waals surface area contributed by atoms with E-state index in [2.05, 4.69) is 48.4 Å². The van der Waals surface area contributed by atoms with Crippen LogP contribution in [0.15, 0.2) is 59.8 Å². The molecule has 0 saturated carbocycles. The van der Waals surface area contributed by atoms with E-state index in [0.29, 0.717) is 6.54 Å². The second-order valence-electron chi connectivity index (χ2n) is 7.58. The molecule has 2 atom stereocenters. The van der Waals surface area contributed by atoms with Crippen molar-refractivity contribution in [2.75, 3.05) is 20.1 Å². The van der Waals surface area contributed by atoms with Gasteiger partial charge in [0.15, 0.2) is 0 Å². The van der Waals surface area contributed by atoms with E-state index in [1.807, 2.05) is 13.1 Å². The van der Waals surface area contributed by atoms with Crippen molar-refractivity contribution in [2.45, 2.75) is 45.3 Å². The minimum Gasteiger partial charge on any atom is -0.389 e. The van der Waals surface area contributed by atoms with E-state index in [4.69, 9.17) is 0 Å². The SMILES string of the molecule is CCC1(CC)CN(C(c2cccc(F)c2)C(O)CNC)C2=C1C=CCC=C2. The van der Waals surface area contributed by atoms with Crippen LogP contribution < -0.4 is 5.32 Å². The first-order valence-corrected chi connectivity index (χ1v) is 9.99. The van der Waals surface area contributed by atoms with Gasteiger partial charge in [-0.25, -0.2) is 4.39 Å². The summed E-state index contributed by atoms with van der Waals surface area (Å²) in [6.45, 7) is 5.76. The van der Waals surface area contributed by atoms with Crippen LogP contribution in [0.4, 0.5) is 4.39 Å². The lowest BCUT2D eigenvalue weighted by Crippen LogP contribution is -2.41. The predicted molar refractivity (Wildman–Crippen MR) is 109 cm³/mol. The number of hydrogen-bond donors (Lipinski definition) is 2. The third kappa shape index (κ3) is 3.74. The van der Waals surface area contributed by atoms with Gasteiger partial charge in [0, 0.05) is 24.2 Å². The molecule has 3 nitrogen and oxygen atoms in total. The number of rotatable bonds is 7.